The van der Waals surface area contributed by atoms with Gasteiger partial charge in [-0.25, -0.2) is 4.98 Å². The standard InChI is InChI=1S/C11H12N2O2/c1-14-10-5-2-6-12-11(10)13-8-9-4-3-7-15-9/h2-7H,8H2,1H3,(H,12,13). The van der Waals surface area contributed by atoms with Crippen LogP contribution >= 0.6 is 0 Å². The molecule has 0 amide bonds. The Balaban J connectivity index is 2.04. The average molecular weight is 204 g/mol. The van der Waals surface area contributed by atoms with Crippen molar-refractivity contribution in [3.63, 3.8) is 0 Å². The summed E-state index contributed by atoms with van der Waals surface area (Å²) < 4.78 is 10.4. The van der Waals surface area contributed by atoms with Crippen LogP contribution in [-0.2, 0) is 6.54 Å². The molecule has 2 aromatic heterocycles. The number of hydrogen-bond acceptors (Lipinski definition) is 4. The number of furan rings is 1. The normalized spacial score (nSPS) is 9.93. The van der Waals surface area contributed by atoms with E-state index in [0.29, 0.717) is 6.54 Å². The predicted octanol–water partition coefficient (Wildman–Crippen LogP) is 2.30. The summed E-state index contributed by atoms with van der Waals surface area (Å²) in [6.07, 6.45) is 3.36. The Labute approximate surface area is 87.9 Å². The molecular weight excluding hydrogens is 192 g/mol. The lowest BCUT2D eigenvalue weighted by Crippen LogP contribution is -2.02. The zero-order valence-corrected chi connectivity index (χ0v) is 8.43. The molecule has 0 fully saturated rings. The number of aromatic nitrogens is 1. The van der Waals surface area contributed by atoms with Gasteiger partial charge in [-0.2, -0.15) is 0 Å². The summed E-state index contributed by atoms with van der Waals surface area (Å²) in [5, 5.41) is 3.14. The largest absolute Gasteiger partial charge is 0.493 e. The van der Waals surface area contributed by atoms with Gasteiger partial charge in [0.05, 0.1) is 19.9 Å². The fourth-order valence-electron chi connectivity index (χ4n) is 1.27. The van der Waals surface area contributed by atoms with Crippen LogP contribution in [0.5, 0.6) is 5.75 Å². The number of pyridine rings is 1. The Morgan fingerprint density at radius 1 is 1.40 bits per heavy atom. The molecule has 0 aromatic carbocycles. The second-order valence-electron chi connectivity index (χ2n) is 2.99. The maximum absolute atomic E-state index is 5.20. The summed E-state index contributed by atoms with van der Waals surface area (Å²) in [4.78, 5) is 4.17. The summed E-state index contributed by atoms with van der Waals surface area (Å²) in [6, 6.07) is 7.45. The van der Waals surface area contributed by atoms with Crippen molar-refractivity contribution in [2.75, 3.05) is 12.4 Å². The monoisotopic (exact) mass is 204 g/mol. The molecule has 1 N–H and O–H groups in total. The minimum absolute atomic E-state index is 0.598. The molecule has 78 valence electrons. The van der Waals surface area contributed by atoms with Crippen molar-refractivity contribution in [2.24, 2.45) is 0 Å². The molecule has 2 aromatic rings. The molecule has 0 saturated carbocycles. The highest BCUT2D eigenvalue weighted by molar-refractivity contribution is 5.49. The summed E-state index contributed by atoms with van der Waals surface area (Å²) in [7, 11) is 1.62. The molecule has 0 bridgehead atoms. The van der Waals surface area contributed by atoms with E-state index in [1.165, 1.54) is 0 Å². The number of ether oxygens (including phenoxy) is 1. The molecule has 0 atom stereocenters. The van der Waals surface area contributed by atoms with E-state index in [9.17, 15) is 0 Å². The summed E-state index contributed by atoms with van der Waals surface area (Å²) in [6.45, 7) is 0.598. The Morgan fingerprint density at radius 3 is 3.07 bits per heavy atom. The molecule has 4 nitrogen and oxygen atoms in total. The van der Waals surface area contributed by atoms with Crippen LogP contribution in [0.2, 0.25) is 0 Å². The Hall–Kier alpha value is -1.97. The predicted molar refractivity (Wildman–Crippen MR) is 56.8 cm³/mol. The average Bonchev–Trinajstić information content (AvgIpc) is 2.79. The highest BCUT2D eigenvalue weighted by Gasteiger charge is 2.02. The highest BCUT2D eigenvalue weighted by Crippen LogP contribution is 2.20. The maximum atomic E-state index is 5.20. The molecule has 0 aliphatic rings. The van der Waals surface area contributed by atoms with E-state index in [-0.39, 0.29) is 0 Å². The van der Waals surface area contributed by atoms with Gasteiger partial charge in [0.2, 0.25) is 0 Å². The van der Waals surface area contributed by atoms with Gasteiger partial charge >= 0.3 is 0 Å². The van der Waals surface area contributed by atoms with Crippen LogP contribution in [0.25, 0.3) is 0 Å². The summed E-state index contributed by atoms with van der Waals surface area (Å²) in [5.41, 5.74) is 0. The van der Waals surface area contributed by atoms with Gasteiger partial charge < -0.3 is 14.5 Å². The first kappa shape index (κ1) is 9.58. The van der Waals surface area contributed by atoms with E-state index in [2.05, 4.69) is 10.3 Å². The molecular formula is C11H12N2O2. The molecule has 2 heterocycles. The smallest absolute Gasteiger partial charge is 0.169 e. The van der Waals surface area contributed by atoms with Crippen molar-refractivity contribution in [1.29, 1.82) is 0 Å². The molecule has 2 rings (SSSR count). The number of anilines is 1. The minimum atomic E-state index is 0.598. The zero-order chi connectivity index (χ0) is 10.5. The molecule has 0 saturated heterocycles. The van der Waals surface area contributed by atoms with Gasteiger partial charge in [0, 0.05) is 6.20 Å². The van der Waals surface area contributed by atoms with Crippen LogP contribution in [-0.4, -0.2) is 12.1 Å². The maximum Gasteiger partial charge on any atom is 0.169 e. The molecule has 0 radical (unpaired) electrons. The minimum Gasteiger partial charge on any atom is -0.493 e. The number of methoxy groups -OCH3 is 1. The van der Waals surface area contributed by atoms with Crippen molar-refractivity contribution in [3.8, 4) is 5.75 Å². The van der Waals surface area contributed by atoms with Crippen LogP contribution in [0.1, 0.15) is 5.76 Å². The molecule has 4 heteroatoms. The third kappa shape index (κ3) is 2.28. The fraction of sp³-hybridized carbons (Fsp3) is 0.182. The van der Waals surface area contributed by atoms with E-state index in [1.54, 1.807) is 19.6 Å². The Morgan fingerprint density at radius 2 is 2.33 bits per heavy atom. The highest BCUT2D eigenvalue weighted by atomic mass is 16.5. The van der Waals surface area contributed by atoms with E-state index >= 15 is 0 Å². The van der Waals surface area contributed by atoms with Gasteiger partial charge in [0.15, 0.2) is 11.6 Å². The van der Waals surface area contributed by atoms with Crippen molar-refractivity contribution in [3.05, 3.63) is 42.5 Å². The third-order valence-electron chi connectivity index (χ3n) is 2.00. The molecule has 15 heavy (non-hydrogen) atoms. The SMILES string of the molecule is COc1cccnc1NCc1ccco1. The zero-order valence-electron chi connectivity index (χ0n) is 8.43. The van der Waals surface area contributed by atoms with Crippen LogP contribution < -0.4 is 10.1 Å². The van der Waals surface area contributed by atoms with Crippen LogP contribution in [0.3, 0.4) is 0 Å². The first-order valence-corrected chi connectivity index (χ1v) is 4.65. The molecule has 0 aliphatic carbocycles. The second-order valence-corrected chi connectivity index (χ2v) is 2.99. The Bertz CT molecular complexity index is 412. The van der Waals surface area contributed by atoms with Gasteiger partial charge in [-0.3, -0.25) is 0 Å². The molecule has 0 unspecified atom stereocenters. The van der Waals surface area contributed by atoms with Crippen molar-refractivity contribution in [2.45, 2.75) is 6.54 Å². The summed E-state index contributed by atoms with van der Waals surface area (Å²) >= 11 is 0. The van der Waals surface area contributed by atoms with Crippen molar-refractivity contribution >= 4 is 5.82 Å². The Kier molecular flexibility index (Phi) is 2.88. The molecule has 0 aliphatic heterocycles. The van der Waals surface area contributed by atoms with Gasteiger partial charge in [0.1, 0.15) is 5.76 Å². The topological polar surface area (TPSA) is 47.3 Å². The van der Waals surface area contributed by atoms with Crippen LogP contribution in [0, 0.1) is 0 Å². The number of nitrogens with zero attached hydrogens (tertiary/aromatic N) is 1. The van der Waals surface area contributed by atoms with Crippen molar-refractivity contribution in [1.82, 2.24) is 4.98 Å². The van der Waals surface area contributed by atoms with E-state index in [4.69, 9.17) is 9.15 Å². The quantitative estimate of drug-likeness (QED) is 0.830. The number of hydrogen-bond donors (Lipinski definition) is 1. The van der Waals surface area contributed by atoms with E-state index in [0.717, 1.165) is 17.3 Å². The fourth-order valence-corrected chi connectivity index (χ4v) is 1.27. The lowest BCUT2D eigenvalue weighted by Gasteiger charge is -2.07. The lowest BCUT2D eigenvalue weighted by atomic mass is 10.4. The van der Waals surface area contributed by atoms with Crippen LogP contribution in [0.15, 0.2) is 41.1 Å². The third-order valence-corrected chi connectivity index (χ3v) is 2.00. The molecule has 0 spiro atoms. The first-order chi connectivity index (χ1) is 7.40. The van der Waals surface area contributed by atoms with Crippen molar-refractivity contribution < 1.29 is 9.15 Å². The summed E-state index contributed by atoms with van der Waals surface area (Å²) in [5.74, 6) is 2.31. The second kappa shape index (κ2) is 4.50. The van der Waals surface area contributed by atoms with Crippen LogP contribution in [0.4, 0.5) is 5.82 Å². The van der Waals surface area contributed by atoms with Gasteiger partial charge in [0.25, 0.3) is 0 Å². The van der Waals surface area contributed by atoms with E-state index < -0.39 is 0 Å². The van der Waals surface area contributed by atoms with E-state index in [1.807, 2.05) is 24.3 Å². The van der Waals surface area contributed by atoms with Gasteiger partial charge in [-0.1, -0.05) is 0 Å². The van der Waals surface area contributed by atoms with Gasteiger partial charge in [-0.15, -0.1) is 0 Å². The van der Waals surface area contributed by atoms with Gasteiger partial charge in [-0.05, 0) is 24.3 Å². The number of rotatable bonds is 4. The lowest BCUT2D eigenvalue weighted by molar-refractivity contribution is 0.414. The first-order valence-electron chi connectivity index (χ1n) is 4.65. The number of nitrogens with one attached hydrogen (secondary N) is 1.